The summed E-state index contributed by atoms with van der Waals surface area (Å²) in [6.07, 6.45) is 13.2. The molecule has 4 fully saturated rings. The Balaban J connectivity index is 1.35. The molecule has 0 amide bonds. The number of hydrogen-bond acceptors (Lipinski definition) is 3. The van der Waals surface area contributed by atoms with E-state index in [1.54, 1.807) is 0 Å². The van der Waals surface area contributed by atoms with E-state index in [4.69, 9.17) is 4.74 Å². The van der Waals surface area contributed by atoms with Gasteiger partial charge in [0.1, 0.15) is 0 Å². The predicted octanol–water partition coefficient (Wildman–Crippen LogP) is 5.56. The van der Waals surface area contributed by atoms with Gasteiger partial charge in [-0.2, -0.15) is 0 Å². The van der Waals surface area contributed by atoms with Crippen molar-refractivity contribution in [3.8, 4) is 0 Å². The van der Waals surface area contributed by atoms with E-state index in [2.05, 4.69) is 27.7 Å². The summed E-state index contributed by atoms with van der Waals surface area (Å²) < 4.78 is 6.74. The van der Waals surface area contributed by atoms with E-state index in [1.807, 2.05) is 6.08 Å². The summed E-state index contributed by atoms with van der Waals surface area (Å²) in [5.41, 5.74) is 2.17. The van der Waals surface area contributed by atoms with Crippen molar-refractivity contribution in [2.75, 3.05) is 6.61 Å². The largest absolute Gasteiger partial charge is 0.396 e. The molecule has 4 aliphatic carbocycles. The van der Waals surface area contributed by atoms with Crippen molar-refractivity contribution in [1.82, 2.24) is 0 Å². The maximum atomic E-state index is 12.1. The third kappa shape index (κ3) is 3.01. The number of hydrogen-bond donors (Lipinski definition) is 1. The normalized spacial score (nSPS) is 50.9. The van der Waals surface area contributed by atoms with Gasteiger partial charge in [0.25, 0.3) is 0 Å². The summed E-state index contributed by atoms with van der Waals surface area (Å²) in [6.45, 7) is 9.98. The fraction of sp³-hybridized carbons (Fsp3) is 0.889. The molecule has 0 radical (unpaired) electrons. The first kappa shape index (κ1) is 21.2. The van der Waals surface area contributed by atoms with Crippen LogP contribution < -0.4 is 0 Å². The standard InChI is InChI=1S/C27H42O3/c1-16(15-28)5-8-23-17(2)25-24(30-23)14-22-20-7-6-18-13-19(29)9-11-26(18,3)21(20)10-12-27(22,25)4/h13,16-17,20-25,28H,5-12,14-15H2,1-4H3/t16-,17+,20+,21-,22-,23?,24?,25-,26-,27-/m0/s1. The molecular weight excluding hydrogens is 372 g/mol. The second kappa shape index (κ2) is 7.44. The van der Waals surface area contributed by atoms with Crippen LogP contribution in [-0.4, -0.2) is 29.7 Å². The molecule has 0 aromatic heterocycles. The number of carbonyl (C=O) groups excluding carboxylic acids is 1. The van der Waals surface area contributed by atoms with E-state index in [0.29, 0.717) is 41.2 Å². The molecule has 0 spiro atoms. The third-order valence-electron chi connectivity index (χ3n) is 10.8. The van der Waals surface area contributed by atoms with Gasteiger partial charge >= 0.3 is 0 Å². The molecule has 1 aliphatic heterocycles. The van der Waals surface area contributed by atoms with E-state index < -0.39 is 0 Å². The number of carbonyl (C=O) groups is 1. The molecule has 10 atom stereocenters. The molecular formula is C27H42O3. The van der Waals surface area contributed by atoms with Crippen LogP contribution in [0.1, 0.15) is 85.5 Å². The Kier molecular flexibility index (Phi) is 5.26. The van der Waals surface area contributed by atoms with Crippen LogP contribution in [-0.2, 0) is 9.53 Å². The molecule has 2 unspecified atom stereocenters. The molecule has 5 aliphatic rings. The van der Waals surface area contributed by atoms with Crippen molar-refractivity contribution in [2.24, 2.45) is 46.3 Å². The van der Waals surface area contributed by atoms with Gasteiger partial charge in [-0.15, -0.1) is 0 Å². The Labute approximate surface area is 183 Å². The quantitative estimate of drug-likeness (QED) is 0.655. The Morgan fingerprint density at radius 2 is 2.00 bits per heavy atom. The molecule has 30 heavy (non-hydrogen) atoms. The number of allylic oxidation sites excluding steroid dienone is 1. The second-order valence-corrected chi connectivity index (χ2v) is 12.2. The van der Waals surface area contributed by atoms with Crippen LogP contribution in [0.15, 0.2) is 11.6 Å². The van der Waals surface area contributed by atoms with E-state index in [0.717, 1.165) is 49.9 Å². The first-order valence-corrected chi connectivity index (χ1v) is 12.8. The number of aliphatic hydroxyl groups is 1. The number of ether oxygens (including phenoxy) is 1. The molecule has 1 saturated heterocycles. The summed E-state index contributed by atoms with van der Waals surface area (Å²) in [4.78, 5) is 12.1. The van der Waals surface area contributed by atoms with Crippen LogP contribution in [0.25, 0.3) is 0 Å². The maximum absolute atomic E-state index is 12.1. The van der Waals surface area contributed by atoms with Crippen LogP contribution in [0.3, 0.4) is 0 Å². The lowest BCUT2D eigenvalue weighted by atomic mass is 9.46. The average Bonchev–Trinajstić information content (AvgIpc) is 3.20. The topological polar surface area (TPSA) is 46.5 Å². The highest BCUT2D eigenvalue weighted by atomic mass is 16.5. The average molecular weight is 415 g/mol. The molecule has 3 nitrogen and oxygen atoms in total. The van der Waals surface area contributed by atoms with E-state index in [1.165, 1.54) is 31.3 Å². The van der Waals surface area contributed by atoms with Crippen LogP contribution in [0.4, 0.5) is 0 Å². The van der Waals surface area contributed by atoms with Gasteiger partial charge in [0.15, 0.2) is 5.78 Å². The maximum Gasteiger partial charge on any atom is 0.155 e. The van der Waals surface area contributed by atoms with Crippen molar-refractivity contribution in [3.05, 3.63) is 11.6 Å². The summed E-state index contributed by atoms with van der Waals surface area (Å²) in [7, 11) is 0. The molecule has 3 heteroatoms. The summed E-state index contributed by atoms with van der Waals surface area (Å²) >= 11 is 0. The minimum Gasteiger partial charge on any atom is -0.396 e. The smallest absolute Gasteiger partial charge is 0.155 e. The van der Waals surface area contributed by atoms with Crippen molar-refractivity contribution in [1.29, 1.82) is 0 Å². The third-order valence-corrected chi connectivity index (χ3v) is 10.8. The van der Waals surface area contributed by atoms with Crippen molar-refractivity contribution in [3.63, 3.8) is 0 Å². The van der Waals surface area contributed by atoms with Crippen LogP contribution in [0, 0.1) is 46.3 Å². The SMILES string of the molecule is C[C@H](CO)CCC1OC2C[C@H]3[C@@H]4CCC5=CC(=O)CC[C@]5(C)[C@H]4CC[C@]3(C)[C@H]2[C@@H]1C. The Morgan fingerprint density at radius 1 is 1.20 bits per heavy atom. The van der Waals surface area contributed by atoms with E-state index in [9.17, 15) is 9.90 Å². The molecule has 0 aromatic carbocycles. The first-order valence-electron chi connectivity index (χ1n) is 12.8. The lowest BCUT2D eigenvalue weighted by Crippen LogP contribution is -2.51. The number of rotatable bonds is 4. The first-order chi connectivity index (χ1) is 14.3. The molecule has 1 heterocycles. The van der Waals surface area contributed by atoms with Crippen LogP contribution in [0.2, 0.25) is 0 Å². The molecule has 0 bridgehead atoms. The Bertz CT molecular complexity index is 728. The fourth-order valence-corrected chi connectivity index (χ4v) is 9.12. The number of ketones is 1. The van der Waals surface area contributed by atoms with Gasteiger partial charge in [-0.05, 0) is 104 Å². The van der Waals surface area contributed by atoms with E-state index in [-0.39, 0.29) is 12.0 Å². The van der Waals surface area contributed by atoms with Gasteiger partial charge in [-0.1, -0.05) is 33.3 Å². The highest BCUT2D eigenvalue weighted by Gasteiger charge is 2.65. The minimum absolute atomic E-state index is 0.269. The lowest BCUT2D eigenvalue weighted by molar-refractivity contribution is -0.117. The zero-order chi connectivity index (χ0) is 21.3. The van der Waals surface area contributed by atoms with Gasteiger partial charge in [0, 0.05) is 13.0 Å². The summed E-state index contributed by atoms with van der Waals surface area (Å²) in [6, 6.07) is 0. The van der Waals surface area contributed by atoms with Gasteiger partial charge in [-0.25, -0.2) is 0 Å². The van der Waals surface area contributed by atoms with Gasteiger partial charge < -0.3 is 9.84 Å². The molecule has 168 valence electrons. The zero-order valence-electron chi connectivity index (χ0n) is 19.5. The minimum atomic E-state index is 0.269. The molecule has 5 rings (SSSR count). The highest BCUT2D eigenvalue weighted by molar-refractivity contribution is 5.91. The molecule has 3 saturated carbocycles. The predicted molar refractivity (Wildman–Crippen MR) is 119 cm³/mol. The number of fused-ring (bicyclic) bond motifs is 7. The van der Waals surface area contributed by atoms with Crippen LogP contribution in [0.5, 0.6) is 0 Å². The summed E-state index contributed by atoms with van der Waals surface area (Å²) in [5.74, 6) is 4.45. The van der Waals surface area contributed by atoms with Crippen molar-refractivity contribution >= 4 is 5.78 Å². The van der Waals surface area contributed by atoms with Crippen LogP contribution >= 0.6 is 0 Å². The van der Waals surface area contributed by atoms with Gasteiger partial charge in [0.05, 0.1) is 12.2 Å². The van der Waals surface area contributed by atoms with Crippen molar-refractivity contribution in [2.45, 2.75) is 97.7 Å². The Hall–Kier alpha value is -0.670. The molecule has 0 aromatic rings. The van der Waals surface area contributed by atoms with Crippen molar-refractivity contribution < 1.29 is 14.6 Å². The lowest BCUT2D eigenvalue weighted by Gasteiger charge is -2.58. The monoisotopic (exact) mass is 414 g/mol. The number of aliphatic hydroxyl groups excluding tert-OH is 1. The second-order valence-electron chi connectivity index (χ2n) is 12.2. The molecule has 1 N–H and O–H groups in total. The Morgan fingerprint density at radius 3 is 2.77 bits per heavy atom. The van der Waals surface area contributed by atoms with Gasteiger partial charge in [-0.3, -0.25) is 4.79 Å². The zero-order valence-corrected chi connectivity index (χ0v) is 19.5. The highest BCUT2D eigenvalue weighted by Crippen LogP contribution is 2.69. The summed E-state index contributed by atoms with van der Waals surface area (Å²) in [5, 5.41) is 9.40. The fourth-order valence-electron chi connectivity index (χ4n) is 9.12. The van der Waals surface area contributed by atoms with Gasteiger partial charge in [0.2, 0.25) is 0 Å². The van der Waals surface area contributed by atoms with E-state index >= 15 is 0 Å².